The predicted molar refractivity (Wildman–Crippen MR) is 97.3 cm³/mol. The van der Waals surface area contributed by atoms with Crippen LogP contribution in [0.5, 0.6) is 0 Å². The maximum Gasteiger partial charge on any atom is 0.274 e. The van der Waals surface area contributed by atoms with Crippen LogP contribution in [0.2, 0.25) is 0 Å². The van der Waals surface area contributed by atoms with E-state index in [-0.39, 0.29) is 23.4 Å². The summed E-state index contributed by atoms with van der Waals surface area (Å²) in [5.74, 6) is -0.619. The van der Waals surface area contributed by atoms with Gasteiger partial charge >= 0.3 is 0 Å². The summed E-state index contributed by atoms with van der Waals surface area (Å²) in [6.07, 6.45) is 0. The maximum atomic E-state index is 12.9. The van der Waals surface area contributed by atoms with Gasteiger partial charge in [0.25, 0.3) is 5.91 Å². The van der Waals surface area contributed by atoms with Gasteiger partial charge in [0.15, 0.2) is 0 Å². The highest BCUT2D eigenvalue weighted by Gasteiger charge is 2.31. The minimum absolute atomic E-state index is 0.0458. The van der Waals surface area contributed by atoms with Crippen LogP contribution < -0.4 is 5.48 Å². The van der Waals surface area contributed by atoms with Crippen LogP contribution >= 0.6 is 0 Å². The van der Waals surface area contributed by atoms with E-state index in [2.05, 4.69) is 20.8 Å². The molecule has 2 aromatic rings. The number of benzene rings is 2. The molecule has 2 N–H and O–H groups in total. The molecule has 0 fully saturated rings. The largest absolute Gasteiger partial charge is 0.288 e. The molecule has 1 aliphatic rings. The molecule has 0 saturated carbocycles. The first-order chi connectivity index (χ1) is 12.1. The summed E-state index contributed by atoms with van der Waals surface area (Å²) < 4.78 is 27.3. The Morgan fingerprint density at radius 3 is 2.23 bits per heavy atom. The Bertz CT molecular complexity index is 944. The van der Waals surface area contributed by atoms with Gasteiger partial charge in [0.1, 0.15) is 0 Å². The van der Waals surface area contributed by atoms with Crippen LogP contribution in [0.15, 0.2) is 47.4 Å². The van der Waals surface area contributed by atoms with E-state index in [4.69, 9.17) is 5.21 Å². The SMILES string of the molecule is CC(C)(C)c1ccc(S(=O)(=O)N2Cc3ccc(C(=O)NO)cc3C2)cc1. The van der Waals surface area contributed by atoms with E-state index in [1.54, 1.807) is 35.8 Å². The van der Waals surface area contributed by atoms with Gasteiger partial charge in [0.05, 0.1) is 4.90 Å². The van der Waals surface area contributed by atoms with Crippen molar-refractivity contribution >= 4 is 15.9 Å². The topological polar surface area (TPSA) is 86.7 Å². The van der Waals surface area contributed by atoms with Gasteiger partial charge in [-0.15, -0.1) is 0 Å². The molecule has 0 radical (unpaired) electrons. The molecular formula is C19H22N2O4S. The Labute approximate surface area is 153 Å². The van der Waals surface area contributed by atoms with Gasteiger partial charge in [0, 0.05) is 18.7 Å². The summed E-state index contributed by atoms with van der Waals surface area (Å²) in [4.78, 5) is 11.8. The van der Waals surface area contributed by atoms with Crippen LogP contribution in [-0.4, -0.2) is 23.8 Å². The lowest BCUT2D eigenvalue weighted by molar-refractivity contribution is 0.0706. The minimum Gasteiger partial charge on any atom is -0.288 e. The van der Waals surface area contributed by atoms with Crippen molar-refractivity contribution in [2.24, 2.45) is 0 Å². The molecule has 3 rings (SSSR count). The van der Waals surface area contributed by atoms with Crippen molar-refractivity contribution in [2.75, 3.05) is 0 Å². The van der Waals surface area contributed by atoms with E-state index in [1.165, 1.54) is 4.31 Å². The number of rotatable bonds is 3. The average Bonchev–Trinajstić information content (AvgIpc) is 3.04. The van der Waals surface area contributed by atoms with Gasteiger partial charge in [0.2, 0.25) is 10.0 Å². The van der Waals surface area contributed by atoms with Crippen LogP contribution in [0, 0.1) is 0 Å². The van der Waals surface area contributed by atoms with Crippen molar-refractivity contribution < 1.29 is 18.4 Å². The molecule has 0 spiro atoms. The lowest BCUT2D eigenvalue weighted by Gasteiger charge is -2.20. The Balaban J connectivity index is 1.86. The van der Waals surface area contributed by atoms with Crippen LogP contribution in [-0.2, 0) is 28.5 Å². The third-order valence-corrected chi connectivity index (χ3v) is 6.43. The Morgan fingerprint density at radius 2 is 1.65 bits per heavy atom. The van der Waals surface area contributed by atoms with Gasteiger partial charge in [-0.05, 0) is 46.4 Å². The molecule has 0 unspecified atom stereocenters. The average molecular weight is 374 g/mol. The Kier molecular flexibility index (Phi) is 4.64. The normalized spacial score (nSPS) is 14.9. The summed E-state index contributed by atoms with van der Waals surface area (Å²) in [5.41, 5.74) is 4.52. The first-order valence-electron chi connectivity index (χ1n) is 8.30. The fraction of sp³-hybridized carbons (Fsp3) is 0.316. The second-order valence-corrected chi connectivity index (χ2v) is 9.41. The molecule has 6 nitrogen and oxygen atoms in total. The lowest BCUT2D eigenvalue weighted by Crippen LogP contribution is -2.25. The van der Waals surface area contributed by atoms with E-state index in [9.17, 15) is 13.2 Å². The Hall–Kier alpha value is -2.22. The highest BCUT2D eigenvalue weighted by atomic mass is 32.2. The number of hydrogen-bond acceptors (Lipinski definition) is 4. The lowest BCUT2D eigenvalue weighted by atomic mass is 9.87. The van der Waals surface area contributed by atoms with E-state index < -0.39 is 15.9 Å². The first kappa shape index (κ1) is 18.6. The number of amides is 1. The van der Waals surface area contributed by atoms with Gasteiger partial charge in [-0.3, -0.25) is 10.0 Å². The Morgan fingerprint density at radius 1 is 1.04 bits per heavy atom. The van der Waals surface area contributed by atoms with Crippen molar-refractivity contribution in [1.29, 1.82) is 0 Å². The smallest absolute Gasteiger partial charge is 0.274 e. The molecule has 2 aromatic carbocycles. The van der Waals surface area contributed by atoms with Crippen molar-refractivity contribution in [1.82, 2.24) is 9.79 Å². The number of nitrogens with one attached hydrogen (secondary N) is 1. The van der Waals surface area contributed by atoms with Crippen LogP contribution in [0.4, 0.5) is 0 Å². The minimum atomic E-state index is -3.62. The van der Waals surface area contributed by atoms with Gasteiger partial charge < -0.3 is 0 Å². The summed E-state index contributed by atoms with van der Waals surface area (Å²) >= 11 is 0. The van der Waals surface area contributed by atoms with Crippen LogP contribution in [0.3, 0.4) is 0 Å². The third kappa shape index (κ3) is 3.38. The highest BCUT2D eigenvalue weighted by Crippen LogP contribution is 2.30. The summed E-state index contributed by atoms with van der Waals surface area (Å²) in [7, 11) is -3.62. The molecule has 1 amide bonds. The summed E-state index contributed by atoms with van der Waals surface area (Å²) in [6.45, 7) is 6.69. The zero-order valence-corrected chi connectivity index (χ0v) is 15.8. The number of carbonyl (C=O) groups is 1. The van der Waals surface area contributed by atoms with E-state index >= 15 is 0 Å². The molecule has 138 valence electrons. The molecule has 1 aliphatic heterocycles. The second-order valence-electron chi connectivity index (χ2n) is 7.47. The van der Waals surface area contributed by atoms with Crippen molar-refractivity contribution in [2.45, 2.75) is 44.2 Å². The molecule has 0 aromatic heterocycles. The van der Waals surface area contributed by atoms with E-state index in [1.807, 2.05) is 12.1 Å². The highest BCUT2D eigenvalue weighted by molar-refractivity contribution is 7.89. The molecule has 0 atom stereocenters. The van der Waals surface area contributed by atoms with Crippen molar-refractivity contribution in [3.63, 3.8) is 0 Å². The fourth-order valence-electron chi connectivity index (χ4n) is 3.01. The number of nitrogens with zero attached hydrogens (tertiary/aromatic N) is 1. The zero-order valence-electron chi connectivity index (χ0n) is 15.0. The molecule has 0 bridgehead atoms. The standard InChI is InChI=1S/C19H22N2O4S/c1-19(2,3)16-6-8-17(9-7-16)26(24,25)21-11-14-5-4-13(18(22)20-23)10-15(14)12-21/h4-10,23H,11-12H2,1-3H3,(H,20,22). The number of hydrogen-bond donors (Lipinski definition) is 2. The third-order valence-electron chi connectivity index (χ3n) is 4.62. The predicted octanol–water partition coefficient (Wildman–Crippen LogP) is 2.81. The molecule has 0 aliphatic carbocycles. The summed E-state index contributed by atoms with van der Waals surface area (Å²) in [6, 6.07) is 11.9. The first-order valence-corrected chi connectivity index (χ1v) is 9.74. The number of sulfonamides is 1. The van der Waals surface area contributed by atoms with Gasteiger partial charge in [-0.2, -0.15) is 4.31 Å². The van der Waals surface area contributed by atoms with Crippen molar-refractivity contribution in [3.05, 3.63) is 64.7 Å². The quantitative estimate of drug-likeness (QED) is 0.639. The molecule has 1 heterocycles. The molecule has 7 heteroatoms. The van der Waals surface area contributed by atoms with E-state index in [0.717, 1.165) is 16.7 Å². The molecule has 0 saturated heterocycles. The fourth-order valence-corrected chi connectivity index (χ4v) is 4.41. The van der Waals surface area contributed by atoms with E-state index in [0.29, 0.717) is 5.56 Å². The van der Waals surface area contributed by atoms with Gasteiger partial charge in [-0.25, -0.2) is 13.9 Å². The number of carbonyl (C=O) groups excluding carboxylic acids is 1. The summed E-state index contributed by atoms with van der Waals surface area (Å²) in [5, 5.41) is 8.74. The monoisotopic (exact) mass is 374 g/mol. The van der Waals surface area contributed by atoms with Crippen molar-refractivity contribution in [3.8, 4) is 0 Å². The number of hydroxylamine groups is 1. The zero-order chi connectivity index (χ0) is 19.1. The van der Waals surface area contributed by atoms with Gasteiger partial charge in [-0.1, -0.05) is 39.0 Å². The molecular weight excluding hydrogens is 352 g/mol. The van der Waals surface area contributed by atoms with Crippen LogP contribution in [0.1, 0.15) is 47.8 Å². The molecule has 26 heavy (non-hydrogen) atoms. The second kappa shape index (κ2) is 6.50. The maximum absolute atomic E-state index is 12.9. The number of fused-ring (bicyclic) bond motifs is 1. The van der Waals surface area contributed by atoms with Crippen LogP contribution in [0.25, 0.3) is 0 Å².